The number of aliphatic hydroxyl groups is 1. The van der Waals surface area contributed by atoms with E-state index in [0.717, 1.165) is 0 Å². The summed E-state index contributed by atoms with van der Waals surface area (Å²) in [5.74, 6) is -0.00259. The molecule has 1 amide bonds. The van der Waals surface area contributed by atoms with Crippen molar-refractivity contribution >= 4 is 5.91 Å². The van der Waals surface area contributed by atoms with E-state index in [-0.39, 0.29) is 24.7 Å². The quantitative estimate of drug-likeness (QED) is 0.599. The van der Waals surface area contributed by atoms with E-state index in [9.17, 15) is 4.79 Å². The van der Waals surface area contributed by atoms with Gasteiger partial charge in [0.2, 0.25) is 5.91 Å². The lowest BCUT2D eigenvalue weighted by atomic mass is 10.1. The third-order valence-electron chi connectivity index (χ3n) is 2.25. The summed E-state index contributed by atoms with van der Waals surface area (Å²) in [6.07, 6.45) is -0.438. The highest BCUT2D eigenvalue weighted by Crippen LogP contribution is 2.14. The van der Waals surface area contributed by atoms with Crippen LogP contribution in [0.25, 0.3) is 0 Å². The average molecular weight is 187 g/mol. The van der Waals surface area contributed by atoms with Gasteiger partial charge >= 0.3 is 0 Å². The lowest BCUT2D eigenvalue weighted by molar-refractivity contribution is -0.149. The van der Waals surface area contributed by atoms with E-state index in [1.165, 1.54) is 0 Å². The zero-order chi connectivity index (χ0) is 9.26. The van der Waals surface area contributed by atoms with Crippen LogP contribution < -0.4 is 0 Å². The van der Waals surface area contributed by atoms with Crippen molar-refractivity contribution in [1.29, 1.82) is 0 Å². The summed E-state index contributed by atoms with van der Waals surface area (Å²) >= 11 is 0. The number of β-amino-alcohol motifs (C(OH)–C–C–N with tert-alkyl or cyclic N) is 1. The van der Waals surface area contributed by atoms with Crippen molar-refractivity contribution in [1.82, 2.24) is 4.90 Å². The predicted molar refractivity (Wildman–Crippen MR) is 42.9 cm³/mol. The number of rotatable bonds is 2. The van der Waals surface area contributed by atoms with Crippen molar-refractivity contribution in [3.05, 3.63) is 0 Å². The molecule has 0 aromatic heterocycles. The van der Waals surface area contributed by atoms with Gasteiger partial charge < -0.3 is 19.5 Å². The average Bonchev–Trinajstić information content (AvgIpc) is 2.51. The number of carbonyl (C=O) groups is 1. The van der Waals surface area contributed by atoms with Gasteiger partial charge in [-0.1, -0.05) is 0 Å². The SMILES string of the molecule is O=C(CC1OCCO1)N1CC(O)C1. The monoisotopic (exact) mass is 187 g/mol. The molecule has 2 rings (SSSR count). The van der Waals surface area contributed by atoms with Crippen LogP contribution in [0.3, 0.4) is 0 Å². The molecule has 0 bridgehead atoms. The Morgan fingerprint density at radius 1 is 1.38 bits per heavy atom. The molecule has 2 saturated heterocycles. The van der Waals surface area contributed by atoms with Crippen LogP contribution in [0.2, 0.25) is 0 Å². The molecule has 5 nitrogen and oxygen atoms in total. The van der Waals surface area contributed by atoms with E-state index in [1.807, 2.05) is 0 Å². The summed E-state index contributed by atoms with van der Waals surface area (Å²) in [6, 6.07) is 0. The first-order valence-corrected chi connectivity index (χ1v) is 4.45. The zero-order valence-electron chi connectivity index (χ0n) is 7.31. The van der Waals surface area contributed by atoms with Gasteiger partial charge in [-0.25, -0.2) is 0 Å². The first kappa shape index (κ1) is 8.93. The maximum Gasteiger partial charge on any atom is 0.227 e. The largest absolute Gasteiger partial charge is 0.389 e. The molecule has 0 aromatic carbocycles. The van der Waals surface area contributed by atoms with Crippen molar-refractivity contribution in [2.75, 3.05) is 26.3 Å². The number of ether oxygens (including phenoxy) is 2. The molecule has 74 valence electrons. The molecule has 0 radical (unpaired) electrons. The van der Waals surface area contributed by atoms with E-state index >= 15 is 0 Å². The highest BCUT2D eigenvalue weighted by atomic mass is 16.7. The van der Waals surface area contributed by atoms with Gasteiger partial charge in [-0.15, -0.1) is 0 Å². The first-order valence-electron chi connectivity index (χ1n) is 4.45. The number of amides is 1. The van der Waals surface area contributed by atoms with Crippen molar-refractivity contribution in [3.8, 4) is 0 Å². The fourth-order valence-corrected chi connectivity index (χ4v) is 1.46. The molecular formula is C8H13NO4. The molecule has 13 heavy (non-hydrogen) atoms. The molecule has 2 aliphatic heterocycles. The molecular weight excluding hydrogens is 174 g/mol. The first-order chi connectivity index (χ1) is 6.25. The maximum absolute atomic E-state index is 11.4. The molecule has 5 heteroatoms. The summed E-state index contributed by atoms with van der Waals surface area (Å²) < 4.78 is 10.3. The Morgan fingerprint density at radius 2 is 2.00 bits per heavy atom. The van der Waals surface area contributed by atoms with Gasteiger partial charge in [0.1, 0.15) is 0 Å². The van der Waals surface area contributed by atoms with Gasteiger partial charge in [-0.3, -0.25) is 4.79 Å². The molecule has 0 spiro atoms. The Labute approximate surface area is 76.2 Å². The number of carbonyl (C=O) groups excluding carboxylic acids is 1. The Bertz CT molecular complexity index is 196. The fraction of sp³-hybridized carbons (Fsp3) is 0.875. The summed E-state index contributed by atoms with van der Waals surface area (Å²) in [7, 11) is 0. The number of aliphatic hydroxyl groups excluding tert-OH is 1. The van der Waals surface area contributed by atoms with Gasteiger partial charge in [0.05, 0.1) is 25.7 Å². The van der Waals surface area contributed by atoms with E-state index in [2.05, 4.69) is 0 Å². The number of nitrogens with zero attached hydrogens (tertiary/aromatic N) is 1. The Kier molecular flexibility index (Phi) is 2.48. The predicted octanol–water partition coefficient (Wildman–Crippen LogP) is -1.05. The molecule has 2 fully saturated rings. The van der Waals surface area contributed by atoms with Crippen molar-refractivity contribution in [3.63, 3.8) is 0 Å². The second kappa shape index (κ2) is 3.61. The van der Waals surface area contributed by atoms with E-state index < -0.39 is 0 Å². The summed E-state index contributed by atoms with van der Waals surface area (Å²) in [4.78, 5) is 13.0. The molecule has 0 saturated carbocycles. The Balaban J connectivity index is 1.72. The minimum Gasteiger partial charge on any atom is -0.389 e. The zero-order valence-corrected chi connectivity index (χ0v) is 7.31. The lowest BCUT2D eigenvalue weighted by Crippen LogP contribution is -2.54. The van der Waals surface area contributed by atoms with Crippen LogP contribution in [-0.4, -0.2) is 54.6 Å². The van der Waals surface area contributed by atoms with E-state index in [0.29, 0.717) is 26.3 Å². The molecule has 0 unspecified atom stereocenters. The summed E-state index contributed by atoms with van der Waals surface area (Å²) in [5.41, 5.74) is 0. The van der Waals surface area contributed by atoms with Crippen LogP contribution in [-0.2, 0) is 14.3 Å². The Hall–Kier alpha value is -0.650. The van der Waals surface area contributed by atoms with Crippen molar-refractivity contribution in [2.45, 2.75) is 18.8 Å². The maximum atomic E-state index is 11.4. The van der Waals surface area contributed by atoms with E-state index in [4.69, 9.17) is 14.6 Å². The van der Waals surface area contributed by atoms with Crippen LogP contribution in [0, 0.1) is 0 Å². The molecule has 2 heterocycles. The van der Waals surface area contributed by atoms with Crippen LogP contribution >= 0.6 is 0 Å². The van der Waals surface area contributed by atoms with Gasteiger partial charge in [-0.2, -0.15) is 0 Å². The third kappa shape index (κ3) is 1.99. The minimum absolute atomic E-state index is 0.00259. The van der Waals surface area contributed by atoms with Crippen LogP contribution in [0.15, 0.2) is 0 Å². The molecule has 0 atom stereocenters. The summed E-state index contributed by atoms with van der Waals surface area (Å²) in [6.45, 7) is 2.04. The number of hydrogen-bond donors (Lipinski definition) is 1. The highest BCUT2D eigenvalue weighted by Gasteiger charge is 2.31. The van der Waals surface area contributed by atoms with Crippen molar-refractivity contribution in [2.24, 2.45) is 0 Å². The lowest BCUT2D eigenvalue weighted by Gasteiger charge is -2.36. The van der Waals surface area contributed by atoms with Gasteiger partial charge in [0.25, 0.3) is 0 Å². The number of likely N-dealkylation sites (tertiary alicyclic amines) is 1. The van der Waals surface area contributed by atoms with Crippen LogP contribution in [0.4, 0.5) is 0 Å². The highest BCUT2D eigenvalue weighted by molar-refractivity contribution is 5.77. The Morgan fingerprint density at radius 3 is 2.54 bits per heavy atom. The standard InChI is InChI=1S/C8H13NO4/c10-6-4-9(5-6)7(11)3-8-12-1-2-13-8/h6,8,10H,1-5H2. The van der Waals surface area contributed by atoms with Crippen LogP contribution in [0.5, 0.6) is 0 Å². The molecule has 1 N–H and O–H groups in total. The molecule has 0 aromatic rings. The van der Waals surface area contributed by atoms with Gasteiger partial charge in [0, 0.05) is 13.1 Å². The number of hydrogen-bond acceptors (Lipinski definition) is 4. The fourth-order valence-electron chi connectivity index (χ4n) is 1.46. The topological polar surface area (TPSA) is 59.0 Å². The third-order valence-corrected chi connectivity index (χ3v) is 2.25. The van der Waals surface area contributed by atoms with Gasteiger partial charge in [-0.05, 0) is 0 Å². The van der Waals surface area contributed by atoms with E-state index in [1.54, 1.807) is 4.90 Å². The second-order valence-corrected chi connectivity index (χ2v) is 3.33. The molecule has 2 aliphatic rings. The van der Waals surface area contributed by atoms with Gasteiger partial charge in [0.15, 0.2) is 6.29 Å². The van der Waals surface area contributed by atoms with Crippen LogP contribution in [0.1, 0.15) is 6.42 Å². The van der Waals surface area contributed by atoms with Crippen molar-refractivity contribution < 1.29 is 19.4 Å². The molecule has 0 aliphatic carbocycles. The summed E-state index contributed by atoms with van der Waals surface area (Å²) in [5, 5.41) is 8.97. The normalized spacial score (nSPS) is 24.8. The second-order valence-electron chi connectivity index (χ2n) is 3.33. The minimum atomic E-state index is -0.370. The smallest absolute Gasteiger partial charge is 0.227 e.